The van der Waals surface area contributed by atoms with E-state index in [1.54, 1.807) is 6.33 Å². The number of nitrogens with zero attached hydrogens (tertiary/aromatic N) is 1. The second-order valence-electron chi connectivity index (χ2n) is 3.72. The Morgan fingerprint density at radius 3 is 3.07 bits per heavy atom. The molecule has 0 aromatic carbocycles. The van der Waals surface area contributed by atoms with Crippen molar-refractivity contribution in [3.05, 3.63) is 18.2 Å². The Bertz CT molecular complexity index is 221. The number of hydrogen-bond acceptors (Lipinski definition) is 3. The van der Waals surface area contributed by atoms with Crippen molar-refractivity contribution in [2.75, 3.05) is 19.8 Å². The normalized spacial score (nSPS) is 11.1. The average molecular weight is 197 g/mol. The van der Waals surface area contributed by atoms with Gasteiger partial charge in [-0.15, -0.1) is 0 Å². The van der Waals surface area contributed by atoms with E-state index in [9.17, 15) is 0 Å². The number of imidazole rings is 1. The first-order valence-corrected chi connectivity index (χ1v) is 5.04. The third-order valence-electron chi connectivity index (χ3n) is 1.74. The standard InChI is InChI=1S/C10H19N3O/c1-9(2)7-14-4-3-11-5-10-6-12-8-13-10/h6,8-9,11H,3-5,7H2,1-2H3,(H,12,13). The lowest BCUT2D eigenvalue weighted by atomic mass is 10.2. The fourth-order valence-electron chi connectivity index (χ4n) is 1.07. The molecule has 2 N–H and O–H groups in total. The van der Waals surface area contributed by atoms with Gasteiger partial charge in [0.25, 0.3) is 0 Å². The quantitative estimate of drug-likeness (QED) is 0.645. The van der Waals surface area contributed by atoms with Crippen molar-refractivity contribution in [3.8, 4) is 0 Å². The van der Waals surface area contributed by atoms with E-state index < -0.39 is 0 Å². The van der Waals surface area contributed by atoms with Crippen LogP contribution < -0.4 is 5.32 Å². The number of aromatic nitrogens is 2. The third kappa shape index (κ3) is 4.99. The molecule has 0 bridgehead atoms. The van der Waals surface area contributed by atoms with Crippen LogP contribution in [0.5, 0.6) is 0 Å². The molecular weight excluding hydrogens is 178 g/mol. The van der Waals surface area contributed by atoms with Crippen molar-refractivity contribution >= 4 is 0 Å². The molecule has 0 atom stereocenters. The Morgan fingerprint density at radius 2 is 2.43 bits per heavy atom. The SMILES string of the molecule is CC(C)COCCNCc1cnc[nH]1. The zero-order valence-electron chi connectivity index (χ0n) is 8.92. The molecule has 0 aliphatic carbocycles. The van der Waals surface area contributed by atoms with Crippen molar-refractivity contribution in [1.82, 2.24) is 15.3 Å². The van der Waals surface area contributed by atoms with Crippen molar-refractivity contribution in [2.24, 2.45) is 5.92 Å². The van der Waals surface area contributed by atoms with Crippen LogP contribution in [0.1, 0.15) is 19.5 Å². The minimum absolute atomic E-state index is 0.614. The molecular formula is C10H19N3O. The van der Waals surface area contributed by atoms with Gasteiger partial charge in [-0.3, -0.25) is 0 Å². The smallest absolute Gasteiger partial charge is 0.0922 e. The van der Waals surface area contributed by atoms with Gasteiger partial charge in [-0.2, -0.15) is 0 Å². The molecule has 0 radical (unpaired) electrons. The summed E-state index contributed by atoms with van der Waals surface area (Å²) in [5.41, 5.74) is 1.11. The summed E-state index contributed by atoms with van der Waals surface area (Å²) in [6.45, 7) is 7.62. The molecule has 0 amide bonds. The van der Waals surface area contributed by atoms with Gasteiger partial charge < -0.3 is 15.0 Å². The molecule has 1 aromatic rings. The number of aromatic amines is 1. The molecule has 0 spiro atoms. The van der Waals surface area contributed by atoms with Gasteiger partial charge in [-0.1, -0.05) is 13.8 Å². The van der Waals surface area contributed by atoms with Crippen molar-refractivity contribution in [2.45, 2.75) is 20.4 Å². The van der Waals surface area contributed by atoms with Crippen molar-refractivity contribution in [1.29, 1.82) is 0 Å². The van der Waals surface area contributed by atoms with E-state index >= 15 is 0 Å². The van der Waals surface area contributed by atoms with E-state index in [0.717, 1.165) is 32.0 Å². The third-order valence-corrected chi connectivity index (χ3v) is 1.74. The summed E-state index contributed by atoms with van der Waals surface area (Å²) in [4.78, 5) is 6.97. The largest absolute Gasteiger partial charge is 0.380 e. The molecule has 0 fully saturated rings. The second kappa shape index (κ2) is 6.56. The van der Waals surface area contributed by atoms with E-state index in [1.165, 1.54) is 0 Å². The first-order valence-electron chi connectivity index (χ1n) is 5.04. The molecule has 4 nitrogen and oxygen atoms in total. The first kappa shape index (κ1) is 11.2. The molecule has 0 aliphatic rings. The molecule has 1 aromatic heterocycles. The highest BCUT2D eigenvalue weighted by molar-refractivity contribution is 4.92. The number of hydrogen-bond donors (Lipinski definition) is 2. The van der Waals surface area contributed by atoms with Crippen LogP contribution in [-0.2, 0) is 11.3 Å². The van der Waals surface area contributed by atoms with Gasteiger partial charge in [0.15, 0.2) is 0 Å². The maximum absolute atomic E-state index is 5.43. The Kier molecular flexibility index (Phi) is 5.25. The molecule has 1 heterocycles. The minimum atomic E-state index is 0.614. The van der Waals surface area contributed by atoms with E-state index in [1.807, 2.05) is 6.20 Å². The van der Waals surface area contributed by atoms with Gasteiger partial charge in [-0.05, 0) is 5.92 Å². The summed E-state index contributed by atoms with van der Waals surface area (Å²) in [6.07, 6.45) is 3.51. The van der Waals surface area contributed by atoms with E-state index in [0.29, 0.717) is 5.92 Å². The zero-order chi connectivity index (χ0) is 10.2. The fourth-order valence-corrected chi connectivity index (χ4v) is 1.07. The van der Waals surface area contributed by atoms with Crippen LogP contribution in [0, 0.1) is 5.92 Å². The Morgan fingerprint density at radius 1 is 1.57 bits per heavy atom. The average Bonchev–Trinajstić information content (AvgIpc) is 2.63. The monoisotopic (exact) mass is 197 g/mol. The summed E-state index contributed by atoms with van der Waals surface area (Å²) < 4.78 is 5.43. The summed E-state index contributed by atoms with van der Waals surface area (Å²) in [5, 5.41) is 3.27. The predicted octanol–water partition coefficient (Wildman–Crippen LogP) is 1.17. The topological polar surface area (TPSA) is 49.9 Å². The second-order valence-corrected chi connectivity index (χ2v) is 3.72. The zero-order valence-corrected chi connectivity index (χ0v) is 8.92. The number of ether oxygens (including phenoxy) is 1. The van der Waals surface area contributed by atoms with Gasteiger partial charge in [0.1, 0.15) is 0 Å². The minimum Gasteiger partial charge on any atom is -0.380 e. The summed E-state index contributed by atoms with van der Waals surface area (Å²) in [6, 6.07) is 0. The van der Waals surface area contributed by atoms with Crippen LogP contribution in [0.4, 0.5) is 0 Å². The lowest BCUT2D eigenvalue weighted by Crippen LogP contribution is -2.20. The Balaban J connectivity index is 1.90. The maximum atomic E-state index is 5.43. The van der Waals surface area contributed by atoms with Gasteiger partial charge in [0.2, 0.25) is 0 Å². The van der Waals surface area contributed by atoms with Crippen LogP contribution in [0.3, 0.4) is 0 Å². The molecule has 0 aliphatic heterocycles. The predicted molar refractivity (Wildman–Crippen MR) is 56.0 cm³/mol. The van der Waals surface area contributed by atoms with Gasteiger partial charge in [0.05, 0.1) is 12.9 Å². The van der Waals surface area contributed by atoms with Gasteiger partial charge in [-0.25, -0.2) is 4.98 Å². The van der Waals surface area contributed by atoms with Crippen LogP contribution >= 0.6 is 0 Å². The highest BCUT2D eigenvalue weighted by Gasteiger charge is 1.94. The fraction of sp³-hybridized carbons (Fsp3) is 0.700. The molecule has 0 saturated heterocycles. The van der Waals surface area contributed by atoms with Crippen LogP contribution in [0.2, 0.25) is 0 Å². The summed E-state index contributed by atoms with van der Waals surface area (Å²) >= 11 is 0. The van der Waals surface area contributed by atoms with Gasteiger partial charge in [0, 0.05) is 31.6 Å². The van der Waals surface area contributed by atoms with Crippen molar-refractivity contribution in [3.63, 3.8) is 0 Å². The lowest BCUT2D eigenvalue weighted by molar-refractivity contribution is 0.111. The molecule has 14 heavy (non-hydrogen) atoms. The summed E-state index contributed by atoms with van der Waals surface area (Å²) in [5.74, 6) is 0.614. The molecule has 1 rings (SSSR count). The molecule has 0 unspecified atom stereocenters. The van der Waals surface area contributed by atoms with Crippen LogP contribution in [0.25, 0.3) is 0 Å². The van der Waals surface area contributed by atoms with Crippen LogP contribution in [0.15, 0.2) is 12.5 Å². The first-order chi connectivity index (χ1) is 6.79. The lowest BCUT2D eigenvalue weighted by Gasteiger charge is -2.07. The van der Waals surface area contributed by atoms with Crippen LogP contribution in [-0.4, -0.2) is 29.7 Å². The Hall–Kier alpha value is -0.870. The number of nitrogens with one attached hydrogen (secondary N) is 2. The van der Waals surface area contributed by atoms with E-state index in [2.05, 4.69) is 29.1 Å². The van der Waals surface area contributed by atoms with E-state index in [-0.39, 0.29) is 0 Å². The Labute approximate surface area is 85.1 Å². The maximum Gasteiger partial charge on any atom is 0.0922 e. The number of H-pyrrole nitrogens is 1. The molecule has 0 saturated carbocycles. The molecule has 4 heteroatoms. The highest BCUT2D eigenvalue weighted by Crippen LogP contribution is 1.92. The van der Waals surface area contributed by atoms with E-state index in [4.69, 9.17) is 4.74 Å². The highest BCUT2D eigenvalue weighted by atomic mass is 16.5. The molecule has 80 valence electrons. The number of rotatable bonds is 7. The van der Waals surface area contributed by atoms with Crippen molar-refractivity contribution < 1.29 is 4.74 Å². The summed E-state index contributed by atoms with van der Waals surface area (Å²) in [7, 11) is 0. The van der Waals surface area contributed by atoms with Gasteiger partial charge >= 0.3 is 0 Å².